The van der Waals surface area contributed by atoms with Crippen LogP contribution in [0.3, 0.4) is 0 Å². The smallest absolute Gasteiger partial charge is 0.117 e. The van der Waals surface area contributed by atoms with Crippen LogP contribution in [0.25, 0.3) is 0 Å². The van der Waals surface area contributed by atoms with Gasteiger partial charge in [0.15, 0.2) is 0 Å². The normalized spacial score (nSPS) is 25.1. The number of morpholine rings is 1. The number of allylic oxidation sites excluding steroid dienone is 1. The largest absolute Gasteiger partial charge is 0.494 e. The van der Waals surface area contributed by atoms with E-state index in [1.807, 2.05) is 6.92 Å². The second-order valence-electron chi connectivity index (χ2n) is 5.81. The zero-order valence-corrected chi connectivity index (χ0v) is 14.0. The Balaban J connectivity index is 2.08. The summed E-state index contributed by atoms with van der Waals surface area (Å²) < 4.78 is 16.9. The van der Waals surface area contributed by atoms with E-state index < -0.39 is 0 Å². The van der Waals surface area contributed by atoms with Crippen molar-refractivity contribution in [3.8, 4) is 0 Å². The van der Waals surface area contributed by atoms with Crippen LogP contribution in [-0.2, 0) is 19.7 Å². The molecule has 1 aliphatic carbocycles. The standard InChI is InChI=1S/C19H25NO3/c1-3-23-18-13-17(15-21-2)19(14-18,16-7-5-4-6-8-16)20-9-11-22-12-10-20/h4-8,13-14H,3,9-12,15H2,1-2H3. The van der Waals surface area contributed by atoms with Crippen molar-refractivity contribution in [1.29, 1.82) is 0 Å². The number of methoxy groups -OCH3 is 1. The lowest BCUT2D eigenvalue weighted by Gasteiger charge is -2.44. The van der Waals surface area contributed by atoms with Gasteiger partial charge >= 0.3 is 0 Å². The fourth-order valence-electron chi connectivity index (χ4n) is 3.53. The molecule has 1 aliphatic heterocycles. The summed E-state index contributed by atoms with van der Waals surface area (Å²) in [6.45, 7) is 6.56. The molecule has 1 heterocycles. The van der Waals surface area contributed by atoms with Gasteiger partial charge in [0, 0.05) is 20.2 Å². The van der Waals surface area contributed by atoms with Crippen molar-refractivity contribution in [2.24, 2.45) is 0 Å². The van der Waals surface area contributed by atoms with Gasteiger partial charge in [0.25, 0.3) is 0 Å². The topological polar surface area (TPSA) is 30.9 Å². The fraction of sp³-hybridized carbons (Fsp3) is 0.474. The molecule has 1 fully saturated rings. The Bertz CT molecular complexity index is 576. The van der Waals surface area contributed by atoms with E-state index in [9.17, 15) is 0 Å². The van der Waals surface area contributed by atoms with E-state index >= 15 is 0 Å². The molecule has 1 unspecified atom stereocenters. The van der Waals surface area contributed by atoms with Gasteiger partial charge in [-0.15, -0.1) is 0 Å². The van der Waals surface area contributed by atoms with E-state index in [-0.39, 0.29) is 5.54 Å². The lowest BCUT2D eigenvalue weighted by Crippen LogP contribution is -2.51. The molecule has 0 spiro atoms. The molecule has 0 amide bonds. The van der Waals surface area contributed by atoms with Crippen LogP contribution in [0.2, 0.25) is 0 Å². The van der Waals surface area contributed by atoms with Crippen LogP contribution in [0.4, 0.5) is 0 Å². The van der Waals surface area contributed by atoms with Crippen LogP contribution >= 0.6 is 0 Å². The molecule has 124 valence electrons. The van der Waals surface area contributed by atoms with Crippen LogP contribution < -0.4 is 0 Å². The van der Waals surface area contributed by atoms with Gasteiger partial charge < -0.3 is 14.2 Å². The Kier molecular flexibility index (Phi) is 5.16. The predicted molar refractivity (Wildman–Crippen MR) is 90.2 cm³/mol. The van der Waals surface area contributed by atoms with Crippen molar-refractivity contribution in [3.05, 3.63) is 59.4 Å². The number of ether oxygens (including phenoxy) is 3. The van der Waals surface area contributed by atoms with E-state index in [4.69, 9.17) is 14.2 Å². The number of benzene rings is 1. The maximum atomic E-state index is 5.82. The Hall–Kier alpha value is -1.62. The van der Waals surface area contributed by atoms with E-state index in [1.54, 1.807) is 7.11 Å². The molecule has 0 aromatic heterocycles. The molecule has 0 N–H and O–H groups in total. The summed E-state index contributed by atoms with van der Waals surface area (Å²) in [6.07, 6.45) is 4.38. The van der Waals surface area contributed by atoms with Crippen LogP contribution in [0.1, 0.15) is 12.5 Å². The Morgan fingerprint density at radius 2 is 1.91 bits per heavy atom. The third kappa shape index (κ3) is 3.07. The summed E-state index contributed by atoms with van der Waals surface area (Å²) in [7, 11) is 1.74. The molecule has 1 aromatic carbocycles. The second kappa shape index (κ2) is 7.30. The van der Waals surface area contributed by atoms with E-state index in [0.29, 0.717) is 13.2 Å². The zero-order chi connectivity index (χ0) is 16.1. The molecule has 1 aromatic rings. The molecule has 3 rings (SSSR count). The molecule has 2 aliphatic rings. The van der Waals surface area contributed by atoms with Gasteiger partial charge in [-0.05, 0) is 30.2 Å². The minimum atomic E-state index is -0.300. The SMILES string of the molecule is CCOC1=CC(c2ccccc2)(N2CCOCC2)C(COC)=C1. The molecular formula is C19H25NO3. The summed E-state index contributed by atoms with van der Waals surface area (Å²) in [6, 6.07) is 10.6. The van der Waals surface area contributed by atoms with Gasteiger partial charge in [-0.3, -0.25) is 4.90 Å². The van der Waals surface area contributed by atoms with Crippen molar-refractivity contribution < 1.29 is 14.2 Å². The molecule has 4 heteroatoms. The Labute approximate surface area is 138 Å². The highest BCUT2D eigenvalue weighted by molar-refractivity contribution is 5.50. The van der Waals surface area contributed by atoms with Crippen LogP contribution in [0, 0.1) is 0 Å². The lowest BCUT2D eigenvalue weighted by molar-refractivity contribution is 0.000171. The molecule has 1 atom stereocenters. The first-order valence-corrected chi connectivity index (χ1v) is 8.25. The van der Waals surface area contributed by atoms with E-state index in [1.165, 1.54) is 11.1 Å². The van der Waals surface area contributed by atoms with Gasteiger partial charge in [0.2, 0.25) is 0 Å². The number of hydrogen-bond donors (Lipinski definition) is 0. The first-order valence-electron chi connectivity index (χ1n) is 8.25. The van der Waals surface area contributed by atoms with Gasteiger partial charge in [-0.25, -0.2) is 0 Å². The zero-order valence-electron chi connectivity index (χ0n) is 14.0. The van der Waals surface area contributed by atoms with Crippen molar-refractivity contribution in [2.45, 2.75) is 12.5 Å². The average Bonchev–Trinajstić information content (AvgIpc) is 2.96. The Morgan fingerprint density at radius 1 is 1.17 bits per heavy atom. The molecule has 1 saturated heterocycles. The average molecular weight is 315 g/mol. The van der Waals surface area contributed by atoms with Crippen molar-refractivity contribution >= 4 is 0 Å². The predicted octanol–water partition coefficient (Wildman–Crippen LogP) is 2.72. The minimum absolute atomic E-state index is 0.300. The van der Waals surface area contributed by atoms with Crippen LogP contribution in [0.5, 0.6) is 0 Å². The summed E-state index contributed by atoms with van der Waals surface area (Å²) in [4.78, 5) is 2.47. The minimum Gasteiger partial charge on any atom is -0.494 e. The molecule has 0 bridgehead atoms. The molecule has 23 heavy (non-hydrogen) atoms. The van der Waals surface area contributed by atoms with Gasteiger partial charge in [-0.2, -0.15) is 0 Å². The van der Waals surface area contributed by atoms with Gasteiger partial charge in [0.1, 0.15) is 5.76 Å². The fourth-order valence-corrected chi connectivity index (χ4v) is 3.53. The summed E-state index contributed by atoms with van der Waals surface area (Å²) in [5, 5.41) is 0. The monoisotopic (exact) mass is 315 g/mol. The molecule has 0 saturated carbocycles. The summed E-state index contributed by atoms with van der Waals surface area (Å²) in [5.74, 6) is 0.926. The van der Waals surface area contributed by atoms with Crippen molar-refractivity contribution in [1.82, 2.24) is 4.90 Å². The van der Waals surface area contributed by atoms with E-state index in [2.05, 4.69) is 47.4 Å². The molecule has 4 nitrogen and oxygen atoms in total. The highest BCUT2D eigenvalue weighted by Gasteiger charge is 2.44. The maximum absolute atomic E-state index is 5.82. The van der Waals surface area contributed by atoms with Crippen molar-refractivity contribution in [3.63, 3.8) is 0 Å². The first kappa shape index (κ1) is 16.2. The highest BCUT2D eigenvalue weighted by Crippen LogP contribution is 2.43. The third-order valence-electron chi connectivity index (χ3n) is 4.49. The second-order valence-corrected chi connectivity index (χ2v) is 5.81. The van der Waals surface area contributed by atoms with Crippen LogP contribution in [-0.4, -0.2) is 51.5 Å². The van der Waals surface area contributed by atoms with Gasteiger partial charge in [-0.1, -0.05) is 30.3 Å². The Morgan fingerprint density at radius 3 is 2.57 bits per heavy atom. The molecular weight excluding hydrogens is 290 g/mol. The van der Waals surface area contributed by atoms with Gasteiger partial charge in [0.05, 0.1) is 32.0 Å². The number of nitrogens with zero attached hydrogens (tertiary/aromatic N) is 1. The lowest BCUT2D eigenvalue weighted by atomic mass is 9.83. The first-order chi connectivity index (χ1) is 11.3. The summed E-state index contributed by atoms with van der Waals surface area (Å²) >= 11 is 0. The highest BCUT2D eigenvalue weighted by atomic mass is 16.5. The maximum Gasteiger partial charge on any atom is 0.117 e. The quantitative estimate of drug-likeness (QED) is 0.808. The van der Waals surface area contributed by atoms with Crippen LogP contribution in [0.15, 0.2) is 53.8 Å². The summed E-state index contributed by atoms with van der Waals surface area (Å²) in [5.41, 5.74) is 2.17. The van der Waals surface area contributed by atoms with E-state index in [0.717, 1.165) is 32.1 Å². The van der Waals surface area contributed by atoms with Crippen molar-refractivity contribution in [2.75, 3.05) is 46.6 Å². The number of rotatable bonds is 6. The molecule has 0 radical (unpaired) electrons. The third-order valence-corrected chi connectivity index (χ3v) is 4.49. The number of hydrogen-bond acceptors (Lipinski definition) is 4.